The summed E-state index contributed by atoms with van der Waals surface area (Å²) in [5.41, 5.74) is 7.54. The van der Waals surface area contributed by atoms with Gasteiger partial charge in [0.05, 0.1) is 45.8 Å². The average molecular weight is 816 g/mol. The molecule has 0 radical (unpaired) electrons. The van der Waals surface area contributed by atoms with Gasteiger partial charge in [0.15, 0.2) is 12.0 Å². The van der Waals surface area contributed by atoms with E-state index in [-0.39, 0.29) is 24.2 Å². The summed E-state index contributed by atoms with van der Waals surface area (Å²) in [5.74, 6) is 1.55. The maximum atomic E-state index is 14.7. The van der Waals surface area contributed by atoms with Gasteiger partial charge in [0.1, 0.15) is 18.2 Å². The zero-order valence-corrected chi connectivity index (χ0v) is 34.3. The van der Waals surface area contributed by atoms with Crippen LogP contribution in [0.2, 0.25) is 5.02 Å². The third-order valence-electron chi connectivity index (χ3n) is 13.2. The van der Waals surface area contributed by atoms with E-state index in [1.54, 1.807) is 6.33 Å². The van der Waals surface area contributed by atoms with E-state index >= 15 is 0 Å². The van der Waals surface area contributed by atoms with Gasteiger partial charge in [-0.2, -0.15) is 5.10 Å². The molecule has 2 aromatic heterocycles. The molecule has 7 aromatic rings. The largest absolute Gasteiger partial charge is 0.491 e. The van der Waals surface area contributed by atoms with Crippen molar-refractivity contribution < 1.29 is 14.3 Å². The highest BCUT2D eigenvalue weighted by Gasteiger charge is 2.57. The molecule has 0 spiro atoms. The molecule has 0 aliphatic carbocycles. The Morgan fingerprint density at radius 3 is 2.22 bits per heavy atom. The summed E-state index contributed by atoms with van der Waals surface area (Å²) < 4.78 is 14.8. The van der Waals surface area contributed by atoms with Crippen molar-refractivity contribution in [2.45, 2.75) is 56.5 Å². The number of anilines is 1. The van der Waals surface area contributed by atoms with Gasteiger partial charge in [-0.05, 0) is 66.1 Å². The summed E-state index contributed by atoms with van der Waals surface area (Å²) in [6.45, 7) is 5.74. The van der Waals surface area contributed by atoms with Crippen LogP contribution in [0.25, 0.3) is 32.9 Å². The fourth-order valence-electron chi connectivity index (χ4n) is 10.3. The topological polar surface area (TPSA) is 88.6 Å². The van der Waals surface area contributed by atoms with E-state index < -0.39 is 5.54 Å². The predicted molar refractivity (Wildman–Crippen MR) is 234 cm³/mol. The molecule has 11 heteroatoms. The normalized spacial score (nSPS) is 21.6. The molecule has 60 heavy (non-hydrogen) atoms. The van der Waals surface area contributed by atoms with Gasteiger partial charge >= 0.3 is 0 Å². The lowest BCUT2D eigenvalue weighted by Gasteiger charge is -2.44. The Kier molecular flexibility index (Phi) is 9.32. The second kappa shape index (κ2) is 15.0. The maximum Gasteiger partial charge on any atom is 0.241 e. The van der Waals surface area contributed by atoms with E-state index in [0.29, 0.717) is 50.0 Å². The number of hydrogen-bond donors (Lipinski definition) is 0. The lowest BCUT2D eigenvalue weighted by molar-refractivity contribution is -0.132. The Balaban J connectivity index is 0.907. The van der Waals surface area contributed by atoms with Gasteiger partial charge in [0.25, 0.3) is 0 Å². The van der Waals surface area contributed by atoms with Crippen LogP contribution < -0.4 is 9.64 Å². The van der Waals surface area contributed by atoms with Crippen LogP contribution in [0.1, 0.15) is 54.2 Å². The summed E-state index contributed by atoms with van der Waals surface area (Å²) in [7, 11) is 0. The smallest absolute Gasteiger partial charge is 0.241 e. The van der Waals surface area contributed by atoms with Crippen LogP contribution in [0.3, 0.4) is 0 Å². The Bertz CT molecular complexity index is 2630. The number of aromatic nitrogens is 4. The lowest BCUT2D eigenvalue weighted by Crippen LogP contribution is -2.57. The highest BCUT2D eigenvalue weighted by Crippen LogP contribution is 2.50. The fraction of sp³-hybridized carbons (Fsp3) is 0.306. The van der Waals surface area contributed by atoms with Crippen LogP contribution in [-0.2, 0) is 15.1 Å². The second-order valence-electron chi connectivity index (χ2n) is 16.5. The van der Waals surface area contributed by atoms with Gasteiger partial charge in [-0.25, -0.2) is 14.6 Å². The zero-order chi connectivity index (χ0) is 40.4. The second-order valence-corrected chi connectivity index (χ2v) is 16.9. The van der Waals surface area contributed by atoms with Gasteiger partial charge in [-0.3, -0.25) is 9.69 Å². The molecule has 2 unspecified atom stereocenters. The molecule has 11 rings (SSSR count). The number of carbonyl (C=O) groups is 1. The number of rotatable bonds is 7. The molecule has 10 nitrogen and oxygen atoms in total. The van der Waals surface area contributed by atoms with E-state index in [0.717, 1.165) is 86.9 Å². The summed E-state index contributed by atoms with van der Waals surface area (Å²) in [4.78, 5) is 31.2. The Morgan fingerprint density at radius 2 is 1.53 bits per heavy atom. The number of halogens is 1. The number of benzene rings is 5. The van der Waals surface area contributed by atoms with Crippen LogP contribution in [-0.4, -0.2) is 86.9 Å². The monoisotopic (exact) mass is 815 g/mol. The van der Waals surface area contributed by atoms with Crippen LogP contribution in [0.15, 0.2) is 122 Å². The molecule has 4 aliphatic rings. The van der Waals surface area contributed by atoms with Crippen LogP contribution in [0.4, 0.5) is 5.82 Å². The SMILES string of the molecule is Cc1ccc2c(cnn2C2CCCCO2)c1-c1cc2ncnc3c2c(c1Cl)OCC[C@@H]1CN(C(=O)C2C[N@@]2C(c2ccccc2)(c2ccccc2)c2ccccc2)CCN31. The number of hydrogen-bond acceptors (Lipinski definition) is 8. The minimum absolute atomic E-state index is 0.00515. The van der Waals surface area contributed by atoms with Crippen molar-refractivity contribution in [1.29, 1.82) is 0 Å². The summed E-state index contributed by atoms with van der Waals surface area (Å²) in [6, 6.07) is 37.9. The number of nitrogens with zero attached hydrogens (tertiary/aromatic N) is 7. The van der Waals surface area contributed by atoms with Gasteiger partial charge in [0, 0.05) is 50.2 Å². The van der Waals surface area contributed by atoms with E-state index in [1.165, 1.54) is 0 Å². The number of aryl methyl sites for hydroxylation is 1. The summed E-state index contributed by atoms with van der Waals surface area (Å²) >= 11 is 7.44. The number of amides is 1. The average Bonchev–Trinajstić information content (AvgIpc) is 3.98. The molecule has 0 N–H and O–H groups in total. The van der Waals surface area contributed by atoms with Crippen LogP contribution in [0.5, 0.6) is 5.75 Å². The first-order valence-electron chi connectivity index (χ1n) is 21.2. The van der Waals surface area contributed by atoms with E-state index in [9.17, 15) is 4.79 Å². The molecule has 0 saturated carbocycles. The van der Waals surface area contributed by atoms with Crippen molar-refractivity contribution in [1.82, 2.24) is 29.5 Å². The first kappa shape index (κ1) is 37.2. The first-order chi connectivity index (χ1) is 29.5. The van der Waals surface area contributed by atoms with E-state index in [4.69, 9.17) is 36.1 Å². The number of fused-ring (bicyclic) bond motifs is 3. The van der Waals surface area contributed by atoms with Crippen LogP contribution >= 0.6 is 11.6 Å². The Labute approximate surface area is 354 Å². The van der Waals surface area contributed by atoms with Crippen molar-refractivity contribution in [3.8, 4) is 16.9 Å². The molecule has 0 bridgehead atoms. The zero-order valence-electron chi connectivity index (χ0n) is 33.6. The van der Waals surface area contributed by atoms with Crippen molar-refractivity contribution in [3.05, 3.63) is 149 Å². The van der Waals surface area contributed by atoms with E-state index in [2.05, 4.69) is 131 Å². The van der Waals surface area contributed by atoms with Gasteiger partial charge < -0.3 is 19.3 Å². The third-order valence-corrected chi connectivity index (χ3v) is 13.5. The fourth-order valence-corrected chi connectivity index (χ4v) is 10.6. The molecule has 3 fully saturated rings. The molecule has 1 amide bonds. The Hall–Kier alpha value is -5.81. The lowest BCUT2D eigenvalue weighted by atomic mass is 9.76. The highest BCUT2D eigenvalue weighted by atomic mass is 35.5. The molecular formula is C49H46ClN7O3. The van der Waals surface area contributed by atoms with Crippen LogP contribution in [0, 0.1) is 6.92 Å². The molecule has 4 atom stereocenters. The molecule has 4 aliphatic heterocycles. The molecule has 5 aromatic carbocycles. The van der Waals surface area contributed by atoms with Gasteiger partial charge in [-0.15, -0.1) is 0 Å². The number of piperazine rings is 1. The standard InChI is InChI=1S/C49H46ClN7O3/c1-32-20-21-40-38(28-53-57(40)42-19-11-12-25-59-42)43(32)37-27-39-44-46(45(37)50)60-26-22-36-29-54(23-24-55(36)47(44)52-31-51-39)48(58)41-30-56(41)49(33-13-5-2-6-14-33,34-15-7-3-8-16-34)35-17-9-4-10-18-35/h2-10,13-18,20-21,27-28,31,36,41-42H,11-12,19,22-26,29-30H2,1H3/t36-,41?,42?,56-/m1/s1. The van der Waals surface area contributed by atoms with E-state index in [1.807, 2.05) is 10.9 Å². The number of ether oxygens (including phenoxy) is 2. The first-order valence-corrected chi connectivity index (χ1v) is 21.6. The van der Waals surface area contributed by atoms with Crippen molar-refractivity contribution in [2.24, 2.45) is 0 Å². The molecule has 302 valence electrons. The predicted octanol–water partition coefficient (Wildman–Crippen LogP) is 8.78. The summed E-state index contributed by atoms with van der Waals surface area (Å²) in [5, 5.41) is 7.18. The maximum absolute atomic E-state index is 14.7. The Morgan fingerprint density at radius 1 is 0.817 bits per heavy atom. The van der Waals surface area contributed by atoms with Crippen molar-refractivity contribution in [2.75, 3.05) is 44.3 Å². The molecule has 6 heterocycles. The quantitative estimate of drug-likeness (QED) is 0.117. The summed E-state index contributed by atoms with van der Waals surface area (Å²) in [6.07, 6.45) is 7.33. The molecular weight excluding hydrogens is 770 g/mol. The highest BCUT2D eigenvalue weighted by molar-refractivity contribution is 6.37. The van der Waals surface area contributed by atoms with Crippen molar-refractivity contribution >= 4 is 45.1 Å². The molecule has 3 saturated heterocycles. The minimum atomic E-state index is -0.622. The van der Waals surface area contributed by atoms with Crippen molar-refractivity contribution in [3.63, 3.8) is 0 Å². The number of carbonyl (C=O) groups excluding carboxylic acids is 1. The van der Waals surface area contributed by atoms with Gasteiger partial charge in [0.2, 0.25) is 5.91 Å². The minimum Gasteiger partial charge on any atom is -0.491 e. The third kappa shape index (κ3) is 5.98. The van der Waals surface area contributed by atoms with Gasteiger partial charge in [-0.1, -0.05) is 109 Å².